The van der Waals surface area contributed by atoms with Gasteiger partial charge in [0, 0.05) is 29.8 Å². The summed E-state index contributed by atoms with van der Waals surface area (Å²) in [7, 11) is 0. The number of benzene rings is 1. The molecule has 1 aliphatic rings. The minimum Gasteiger partial charge on any atom is -0.292 e. The number of hydrogen-bond acceptors (Lipinski definition) is 4. The summed E-state index contributed by atoms with van der Waals surface area (Å²) in [6.07, 6.45) is 5.25. The Labute approximate surface area is 113 Å². The lowest BCUT2D eigenvalue weighted by Crippen LogP contribution is -2.39. The molecule has 1 aromatic carbocycles. The van der Waals surface area contributed by atoms with Gasteiger partial charge in [-0.1, -0.05) is 12.1 Å². The van der Waals surface area contributed by atoms with Crippen molar-refractivity contribution in [3.63, 3.8) is 0 Å². The summed E-state index contributed by atoms with van der Waals surface area (Å²) < 4.78 is 0. The molecule has 1 aromatic rings. The molecular formula is C14H19N3O2. The predicted octanol–water partition coefficient (Wildman–Crippen LogP) is 3.19. The fourth-order valence-corrected chi connectivity index (χ4v) is 2.49. The second-order valence-electron chi connectivity index (χ2n) is 5.11. The summed E-state index contributed by atoms with van der Waals surface area (Å²) in [4.78, 5) is 10.3. The average molecular weight is 261 g/mol. The Balaban J connectivity index is 2.13. The molecular weight excluding hydrogens is 242 g/mol. The quantitative estimate of drug-likeness (QED) is 0.477. The molecule has 102 valence electrons. The number of hydrazone groups is 1. The molecule has 0 unspecified atom stereocenters. The topological polar surface area (TPSA) is 58.7 Å². The lowest BCUT2D eigenvalue weighted by atomic mass is 10.00. The molecule has 0 radical (unpaired) electrons. The molecule has 2 atom stereocenters. The van der Waals surface area contributed by atoms with Crippen LogP contribution in [0.3, 0.4) is 0 Å². The van der Waals surface area contributed by atoms with Gasteiger partial charge in [0.1, 0.15) is 0 Å². The summed E-state index contributed by atoms with van der Waals surface area (Å²) in [5.41, 5.74) is 0.864. The number of hydrogen-bond donors (Lipinski definition) is 0. The van der Waals surface area contributed by atoms with Crippen LogP contribution in [0.15, 0.2) is 29.4 Å². The Morgan fingerprint density at radius 2 is 2.05 bits per heavy atom. The monoisotopic (exact) mass is 261 g/mol. The minimum absolute atomic E-state index is 0.101. The molecule has 0 aromatic heterocycles. The van der Waals surface area contributed by atoms with E-state index in [9.17, 15) is 10.1 Å². The maximum atomic E-state index is 10.7. The Bertz CT molecular complexity index is 477. The molecule has 1 aliphatic heterocycles. The molecule has 5 heteroatoms. The molecule has 2 rings (SSSR count). The van der Waals surface area contributed by atoms with Gasteiger partial charge < -0.3 is 0 Å². The van der Waals surface area contributed by atoms with E-state index in [1.165, 1.54) is 12.5 Å². The zero-order valence-corrected chi connectivity index (χ0v) is 11.3. The van der Waals surface area contributed by atoms with Crippen molar-refractivity contribution in [2.24, 2.45) is 5.10 Å². The molecule has 0 spiro atoms. The lowest BCUT2D eigenvalue weighted by molar-refractivity contribution is -0.384. The third-order valence-corrected chi connectivity index (χ3v) is 3.57. The van der Waals surface area contributed by atoms with Gasteiger partial charge >= 0.3 is 0 Å². The Morgan fingerprint density at radius 1 is 1.37 bits per heavy atom. The number of piperidine rings is 1. The van der Waals surface area contributed by atoms with E-state index in [0.29, 0.717) is 12.1 Å². The first kappa shape index (κ1) is 13.5. The second-order valence-corrected chi connectivity index (χ2v) is 5.11. The van der Waals surface area contributed by atoms with Crippen LogP contribution >= 0.6 is 0 Å². The third kappa shape index (κ3) is 3.30. The number of nitro groups is 1. The molecule has 0 N–H and O–H groups in total. The highest BCUT2D eigenvalue weighted by molar-refractivity contribution is 5.80. The molecule has 0 bridgehead atoms. The first-order valence-corrected chi connectivity index (χ1v) is 6.64. The standard InChI is InChI=1S/C14H19N3O2/c1-11-5-3-6-12(2)16(11)15-10-13-7-4-8-14(9-13)17(18)19/h4,7-12H,3,5-6H2,1-2H3/b15-10-/t11-,12-/m0/s1. The molecule has 19 heavy (non-hydrogen) atoms. The van der Waals surface area contributed by atoms with Gasteiger partial charge in [0.15, 0.2) is 0 Å². The second kappa shape index (κ2) is 5.82. The van der Waals surface area contributed by atoms with Gasteiger partial charge in [-0.3, -0.25) is 15.1 Å². The van der Waals surface area contributed by atoms with Crippen LogP contribution in [0, 0.1) is 10.1 Å². The SMILES string of the molecule is C[C@H]1CCC[C@H](C)N1/N=C\c1cccc([N+](=O)[O-])c1. The van der Waals surface area contributed by atoms with E-state index in [1.807, 2.05) is 6.07 Å². The molecule has 1 fully saturated rings. The first-order valence-electron chi connectivity index (χ1n) is 6.64. The van der Waals surface area contributed by atoms with Crippen molar-refractivity contribution in [2.75, 3.05) is 0 Å². The van der Waals surface area contributed by atoms with Crippen LogP contribution in [-0.4, -0.2) is 28.2 Å². The lowest BCUT2D eigenvalue weighted by Gasteiger charge is -2.36. The van der Waals surface area contributed by atoms with Gasteiger partial charge in [0.25, 0.3) is 5.69 Å². The first-order chi connectivity index (χ1) is 9.08. The zero-order valence-electron chi connectivity index (χ0n) is 11.3. The van der Waals surface area contributed by atoms with Crippen molar-refractivity contribution in [2.45, 2.75) is 45.2 Å². The van der Waals surface area contributed by atoms with Gasteiger partial charge in [0.2, 0.25) is 0 Å². The highest BCUT2D eigenvalue weighted by Crippen LogP contribution is 2.22. The number of nitrogens with zero attached hydrogens (tertiary/aromatic N) is 3. The molecule has 0 aliphatic carbocycles. The smallest absolute Gasteiger partial charge is 0.270 e. The van der Waals surface area contributed by atoms with E-state index in [-0.39, 0.29) is 10.6 Å². The van der Waals surface area contributed by atoms with Crippen LogP contribution in [-0.2, 0) is 0 Å². The summed E-state index contributed by atoms with van der Waals surface area (Å²) in [5.74, 6) is 0. The van der Waals surface area contributed by atoms with Gasteiger partial charge in [-0.05, 0) is 33.1 Å². The summed E-state index contributed by atoms with van der Waals surface area (Å²) in [6, 6.07) is 7.40. The Hall–Kier alpha value is -1.91. The van der Waals surface area contributed by atoms with E-state index < -0.39 is 0 Å². The summed E-state index contributed by atoms with van der Waals surface area (Å²) >= 11 is 0. The number of non-ortho nitro benzene ring substituents is 1. The molecule has 0 amide bonds. The fraction of sp³-hybridized carbons (Fsp3) is 0.500. The van der Waals surface area contributed by atoms with E-state index in [1.54, 1.807) is 18.3 Å². The van der Waals surface area contributed by atoms with Crippen LogP contribution in [0.2, 0.25) is 0 Å². The highest BCUT2D eigenvalue weighted by Gasteiger charge is 2.22. The van der Waals surface area contributed by atoms with E-state index in [0.717, 1.165) is 18.4 Å². The maximum absolute atomic E-state index is 10.7. The molecule has 0 saturated carbocycles. The van der Waals surface area contributed by atoms with Crippen molar-refractivity contribution >= 4 is 11.9 Å². The minimum atomic E-state index is -0.385. The summed E-state index contributed by atoms with van der Waals surface area (Å²) in [5, 5.41) is 17.3. The van der Waals surface area contributed by atoms with E-state index in [4.69, 9.17) is 0 Å². The Kier molecular flexibility index (Phi) is 4.14. The summed E-state index contributed by atoms with van der Waals surface area (Å²) in [6.45, 7) is 4.33. The molecule has 1 saturated heterocycles. The van der Waals surface area contributed by atoms with Crippen molar-refractivity contribution in [1.82, 2.24) is 5.01 Å². The predicted molar refractivity (Wildman–Crippen MR) is 75.3 cm³/mol. The number of nitro benzene ring substituents is 1. The number of rotatable bonds is 3. The molecule has 1 heterocycles. The van der Waals surface area contributed by atoms with E-state index in [2.05, 4.69) is 24.0 Å². The van der Waals surface area contributed by atoms with Crippen LogP contribution in [0.25, 0.3) is 0 Å². The maximum Gasteiger partial charge on any atom is 0.270 e. The van der Waals surface area contributed by atoms with Crippen LogP contribution in [0.5, 0.6) is 0 Å². The van der Waals surface area contributed by atoms with Crippen LogP contribution in [0.4, 0.5) is 5.69 Å². The van der Waals surface area contributed by atoms with Crippen molar-refractivity contribution in [1.29, 1.82) is 0 Å². The van der Waals surface area contributed by atoms with Crippen LogP contribution < -0.4 is 0 Å². The molecule has 5 nitrogen and oxygen atoms in total. The van der Waals surface area contributed by atoms with Crippen LogP contribution in [0.1, 0.15) is 38.7 Å². The highest BCUT2D eigenvalue weighted by atomic mass is 16.6. The third-order valence-electron chi connectivity index (χ3n) is 3.57. The van der Waals surface area contributed by atoms with Gasteiger partial charge in [-0.2, -0.15) is 5.10 Å². The van der Waals surface area contributed by atoms with Crippen molar-refractivity contribution in [3.05, 3.63) is 39.9 Å². The normalized spacial score (nSPS) is 23.8. The fourth-order valence-electron chi connectivity index (χ4n) is 2.49. The van der Waals surface area contributed by atoms with Gasteiger partial charge in [-0.25, -0.2) is 0 Å². The Morgan fingerprint density at radius 3 is 2.68 bits per heavy atom. The average Bonchev–Trinajstić information content (AvgIpc) is 2.38. The van der Waals surface area contributed by atoms with Gasteiger partial charge in [-0.15, -0.1) is 0 Å². The van der Waals surface area contributed by atoms with E-state index >= 15 is 0 Å². The largest absolute Gasteiger partial charge is 0.292 e. The zero-order chi connectivity index (χ0) is 13.8. The van der Waals surface area contributed by atoms with Crippen molar-refractivity contribution < 1.29 is 4.92 Å². The van der Waals surface area contributed by atoms with Gasteiger partial charge in [0.05, 0.1) is 11.1 Å². The van der Waals surface area contributed by atoms with Crippen molar-refractivity contribution in [3.8, 4) is 0 Å².